The molecular formula is C19H16O2P+. The van der Waals surface area contributed by atoms with Gasteiger partial charge >= 0.3 is 8.69 Å². The maximum Gasteiger partial charge on any atom is 0.495 e. The van der Waals surface area contributed by atoms with Crippen molar-refractivity contribution in [2.75, 3.05) is 0 Å². The second kappa shape index (κ2) is 6.65. The van der Waals surface area contributed by atoms with Crippen LogP contribution in [0.4, 0.5) is 0 Å². The third kappa shape index (κ3) is 2.59. The van der Waals surface area contributed by atoms with E-state index in [-0.39, 0.29) is 0 Å². The van der Waals surface area contributed by atoms with Crippen LogP contribution in [0.15, 0.2) is 91.0 Å². The molecule has 108 valence electrons. The van der Waals surface area contributed by atoms with E-state index in [2.05, 4.69) is 0 Å². The zero-order valence-corrected chi connectivity index (χ0v) is 13.0. The van der Waals surface area contributed by atoms with Crippen LogP contribution in [0.5, 0.6) is 0 Å². The summed E-state index contributed by atoms with van der Waals surface area (Å²) in [6, 6.07) is 29.7. The molecule has 0 heterocycles. The Morgan fingerprint density at radius 3 is 1.18 bits per heavy atom. The highest BCUT2D eigenvalue weighted by atomic mass is 31.1. The number of hydrogen-bond donors (Lipinski definition) is 0. The lowest BCUT2D eigenvalue weighted by molar-refractivity contribution is 0.177. The predicted molar refractivity (Wildman–Crippen MR) is 89.3 cm³/mol. The van der Waals surface area contributed by atoms with Gasteiger partial charge in [-0.25, -0.2) is 0 Å². The molecule has 0 aliphatic heterocycles. The molecule has 2 nitrogen and oxygen atoms in total. The molecule has 3 aromatic rings. The molecule has 0 aromatic heterocycles. The van der Waals surface area contributed by atoms with E-state index in [1.54, 1.807) is 0 Å². The standard InChI is InChI=1S/C19H16O2P/c20-22-21-19(16-10-4-1-5-11-16,17-12-6-2-7-13-17)18-14-8-3-9-15-18/h1-15,22H/q+1. The van der Waals surface area contributed by atoms with Crippen molar-refractivity contribution < 1.29 is 9.09 Å². The quantitative estimate of drug-likeness (QED) is 0.493. The van der Waals surface area contributed by atoms with Gasteiger partial charge in [0.05, 0.1) is 0 Å². The summed E-state index contributed by atoms with van der Waals surface area (Å²) in [4.78, 5) is 0. The average molecular weight is 307 g/mol. The van der Waals surface area contributed by atoms with Crippen molar-refractivity contribution in [3.8, 4) is 0 Å². The molecule has 0 N–H and O–H groups in total. The van der Waals surface area contributed by atoms with Crippen molar-refractivity contribution in [2.45, 2.75) is 5.60 Å². The lowest BCUT2D eigenvalue weighted by atomic mass is 9.80. The van der Waals surface area contributed by atoms with Crippen molar-refractivity contribution in [1.29, 1.82) is 0 Å². The maximum atomic E-state index is 11.5. The van der Waals surface area contributed by atoms with E-state index in [4.69, 9.17) is 4.52 Å². The minimum absolute atomic E-state index is 0.864. The summed E-state index contributed by atoms with van der Waals surface area (Å²) in [5, 5.41) is 0. The summed E-state index contributed by atoms with van der Waals surface area (Å²) in [5.74, 6) is 0. The SMILES string of the molecule is O=[PH+]OC(c1ccccc1)(c1ccccc1)c1ccccc1. The van der Waals surface area contributed by atoms with Crippen LogP contribution in [0.1, 0.15) is 16.7 Å². The van der Waals surface area contributed by atoms with Crippen LogP contribution in [0.2, 0.25) is 0 Å². The molecule has 1 unspecified atom stereocenters. The Morgan fingerprint density at radius 2 is 0.909 bits per heavy atom. The van der Waals surface area contributed by atoms with Crippen molar-refractivity contribution >= 4 is 8.69 Å². The summed E-state index contributed by atoms with van der Waals surface area (Å²) >= 11 is 0. The molecule has 0 fully saturated rings. The molecule has 0 aliphatic rings. The first-order valence-electron chi connectivity index (χ1n) is 7.09. The average Bonchev–Trinajstić information content (AvgIpc) is 2.62. The molecule has 0 spiro atoms. The molecule has 0 aliphatic carbocycles. The third-order valence-corrected chi connectivity index (χ3v) is 4.13. The monoisotopic (exact) mass is 307 g/mol. The van der Waals surface area contributed by atoms with E-state index in [1.807, 2.05) is 91.0 Å². The van der Waals surface area contributed by atoms with Crippen LogP contribution < -0.4 is 0 Å². The van der Waals surface area contributed by atoms with E-state index >= 15 is 0 Å². The van der Waals surface area contributed by atoms with Gasteiger partial charge in [0.2, 0.25) is 0 Å². The Balaban J connectivity index is 2.31. The van der Waals surface area contributed by atoms with E-state index in [1.165, 1.54) is 0 Å². The third-order valence-electron chi connectivity index (χ3n) is 3.74. The van der Waals surface area contributed by atoms with Crippen LogP contribution in [-0.4, -0.2) is 0 Å². The minimum Gasteiger partial charge on any atom is -0.127 e. The molecule has 1 atom stereocenters. The van der Waals surface area contributed by atoms with Crippen molar-refractivity contribution in [3.63, 3.8) is 0 Å². The first-order valence-corrected chi connectivity index (χ1v) is 7.91. The van der Waals surface area contributed by atoms with E-state index < -0.39 is 14.3 Å². The van der Waals surface area contributed by atoms with E-state index in [0.29, 0.717) is 0 Å². The number of rotatable bonds is 5. The first kappa shape index (κ1) is 14.6. The normalized spacial score (nSPS) is 11.5. The fraction of sp³-hybridized carbons (Fsp3) is 0.0526. The zero-order chi connectivity index (χ0) is 15.3. The molecule has 3 aromatic carbocycles. The Hall–Kier alpha value is -2.28. The highest BCUT2D eigenvalue weighted by Gasteiger charge is 2.41. The minimum atomic E-state index is -0.871. The number of benzene rings is 3. The molecule has 3 heteroatoms. The van der Waals surface area contributed by atoms with Crippen LogP contribution in [0.25, 0.3) is 0 Å². The Labute approximate surface area is 131 Å². The smallest absolute Gasteiger partial charge is 0.127 e. The second-order valence-electron chi connectivity index (χ2n) is 4.96. The summed E-state index contributed by atoms with van der Waals surface area (Å²) in [5.41, 5.74) is 1.99. The van der Waals surface area contributed by atoms with Crippen LogP contribution in [0.3, 0.4) is 0 Å². The lowest BCUT2D eigenvalue weighted by Crippen LogP contribution is -2.29. The van der Waals surface area contributed by atoms with Crippen LogP contribution in [-0.2, 0) is 14.7 Å². The fourth-order valence-electron chi connectivity index (χ4n) is 2.76. The molecule has 0 bridgehead atoms. The van der Waals surface area contributed by atoms with Crippen molar-refractivity contribution in [1.82, 2.24) is 0 Å². The highest BCUT2D eigenvalue weighted by molar-refractivity contribution is 7.17. The van der Waals surface area contributed by atoms with Gasteiger partial charge in [0.1, 0.15) is 0 Å². The summed E-state index contributed by atoms with van der Waals surface area (Å²) in [6.45, 7) is 0. The number of hydrogen-bond acceptors (Lipinski definition) is 2. The van der Waals surface area contributed by atoms with Gasteiger partial charge in [-0.05, 0) is 21.3 Å². The molecule has 0 radical (unpaired) electrons. The van der Waals surface area contributed by atoms with Gasteiger partial charge in [-0.15, -0.1) is 4.52 Å². The molecule has 0 saturated heterocycles. The summed E-state index contributed by atoms with van der Waals surface area (Å²) in [7, 11) is -0.864. The second-order valence-corrected chi connectivity index (χ2v) is 5.34. The lowest BCUT2D eigenvalue weighted by Gasteiger charge is -2.29. The van der Waals surface area contributed by atoms with E-state index in [0.717, 1.165) is 16.7 Å². The Kier molecular flexibility index (Phi) is 4.43. The Morgan fingerprint density at radius 1 is 0.591 bits per heavy atom. The largest absolute Gasteiger partial charge is 0.495 e. The first-order chi connectivity index (χ1) is 10.9. The fourth-order valence-corrected chi connectivity index (χ4v) is 3.24. The van der Waals surface area contributed by atoms with Gasteiger partial charge in [0.25, 0.3) is 0 Å². The Bertz CT molecular complexity index is 630. The van der Waals surface area contributed by atoms with Gasteiger partial charge in [0, 0.05) is 0 Å². The molecule has 0 amide bonds. The van der Waals surface area contributed by atoms with Crippen LogP contribution in [0, 0.1) is 0 Å². The predicted octanol–water partition coefficient (Wildman–Crippen LogP) is 4.93. The highest BCUT2D eigenvalue weighted by Crippen LogP contribution is 2.42. The summed E-state index contributed by atoms with van der Waals surface area (Å²) < 4.78 is 17.3. The van der Waals surface area contributed by atoms with Gasteiger partial charge in [-0.1, -0.05) is 91.0 Å². The topological polar surface area (TPSA) is 26.3 Å². The molecule has 0 saturated carbocycles. The summed E-state index contributed by atoms with van der Waals surface area (Å²) in [6.07, 6.45) is 0. The zero-order valence-electron chi connectivity index (χ0n) is 12.0. The van der Waals surface area contributed by atoms with E-state index in [9.17, 15) is 4.57 Å². The van der Waals surface area contributed by atoms with Crippen molar-refractivity contribution in [3.05, 3.63) is 108 Å². The molecule has 3 rings (SSSR count). The van der Waals surface area contributed by atoms with Gasteiger partial charge in [-0.3, -0.25) is 0 Å². The molecular weight excluding hydrogens is 291 g/mol. The van der Waals surface area contributed by atoms with Gasteiger partial charge < -0.3 is 0 Å². The van der Waals surface area contributed by atoms with Gasteiger partial charge in [0.15, 0.2) is 5.60 Å². The van der Waals surface area contributed by atoms with Crippen molar-refractivity contribution in [2.24, 2.45) is 0 Å². The maximum absolute atomic E-state index is 11.5. The molecule has 22 heavy (non-hydrogen) atoms. The van der Waals surface area contributed by atoms with Crippen LogP contribution >= 0.6 is 8.69 Å². The van der Waals surface area contributed by atoms with Gasteiger partial charge in [-0.2, -0.15) is 0 Å².